The van der Waals surface area contributed by atoms with Crippen molar-refractivity contribution in [3.63, 3.8) is 0 Å². The maximum absolute atomic E-state index is 10.9. The summed E-state index contributed by atoms with van der Waals surface area (Å²) in [5.41, 5.74) is 0. The lowest BCUT2D eigenvalue weighted by molar-refractivity contribution is -0.116. The molecule has 0 rings (SSSR count). The third kappa shape index (κ3) is 8.59. The van der Waals surface area contributed by atoms with Crippen LogP contribution in [-0.2, 0) is 9.53 Å². The average molecular weight is 241 g/mol. The monoisotopic (exact) mass is 241 g/mol. The number of allylic oxidation sites excluding steroid dienone is 1. The Morgan fingerprint density at radius 3 is 2.88 bits per heavy atom. The molecule has 0 aromatic carbocycles. The van der Waals surface area contributed by atoms with Gasteiger partial charge < -0.3 is 10.1 Å². The van der Waals surface area contributed by atoms with Crippen LogP contribution in [0, 0.1) is 0 Å². The van der Waals surface area contributed by atoms with Crippen molar-refractivity contribution in [1.82, 2.24) is 10.2 Å². The molecule has 0 heterocycles. The second kappa shape index (κ2) is 9.99. The van der Waals surface area contributed by atoms with Gasteiger partial charge in [0, 0.05) is 39.1 Å². The van der Waals surface area contributed by atoms with Crippen molar-refractivity contribution in [2.45, 2.75) is 19.4 Å². The van der Waals surface area contributed by atoms with Gasteiger partial charge in [-0.2, -0.15) is 0 Å². The minimum Gasteiger partial charge on any atom is -0.385 e. The molecule has 0 saturated carbocycles. The Morgan fingerprint density at radius 2 is 2.29 bits per heavy atom. The van der Waals surface area contributed by atoms with E-state index < -0.39 is 0 Å². The van der Waals surface area contributed by atoms with Crippen LogP contribution >= 0.6 is 0 Å². The topological polar surface area (TPSA) is 53.9 Å². The molecule has 0 aromatic heterocycles. The number of carbonyl (C=O) groups excluding carboxylic acids is 1. The Hall–Kier alpha value is -1.20. The molecule has 1 atom stereocenters. The minimum atomic E-state index is -0.127. The minimum absolute atomic E-state index is 0.127. The molecular weight excluding hydrogens is 218 g/mol. The zero-order chi connectivity index (χ0) is 13.1. The van der Waals surface area contributed by atoms with Gasteiger partial charge in [-0.05, 0) is 26.5 Å². The molecule has 0 bridgehead atoms. The molecule has 1 unspecified atom stereocenters. The Morgan fingerprint density at radius 1 is 1.59 bits per heavy atom. The summed E-state index contributed by atoms with van der Waals surface area (Å²) in [5.74, 6) is -0.127. The summed E-state index contributed by atoms with van der Waals surface area (Å²) in [5, 5.41) is 2.49. The molecule has 0 saturated heterocycles. The number of rotatable bonds is 8. The van der Waals surface area contributed by atoms with E-state index in [2.05, 4.69) is 22.1 Å². The molecule has 17 heavy (non-hydrogen) atoms. The maximum Gasteiger partial charge on any atom is 0.243 e. The van der Waals surface area contributed by atoms with Gasteiger partial charge in [-0.3, -0.25) is 14.7 Å². The third-order valence-electron chi connectivity index (χ3n) is 2.48. The lowest BCUT2D eigenvalue weighted by Gasteiger charge is -2.22. The maximum atomic E-state index is 10.9. The number of hydrogen-bond donors (Lipinski definition) is 1. The largest absolute Gasteiger partial charge is 0.385 e. The van der Waals surface area contributed by atoms with Crippen molar-refractivity contribution in [3.05, 3.63) is 12.2 Å². The summed E-state index contributed by atoms with van der Waals surface area (Å²) in [6.45, 7) is 3.50. The molecule has 0 spiro atoms. The fourth-order valence-corrected chi connectivity index (χ4v) is 1.10. The molecule has 0 aliphatic carbocycles. The normalized spacial score (nSPS) is 13.7. The Labute approximate surface area is 104 Å². The molecular formula is C12H23N3O2. The van der Waals surface area contributed by atoms with Crippen LogP contribution in [0.15, 0.2) is 17.1 Å². The highest BCUT2D eigenvalue weighted by atomic mass is 16.5. The van der Waals surface area contributed by atoms with Gasteiger partial charge in [0.1, 0.15) is 0 Å². The Kier molecular flexibility index (Phi) is 9.28. The van der Waals surface area contributed by atoms with Crippen molar-refractivity contribution in [3.8, 4) is 0 Å². The van der Waals surface area contributed by atoms with Gasteiger partial charge in [0.2, 0.25) is 5.91 Å². The summed E-state index contributed by atoms with van der Waals surface area (Å²) >= 11 is 0. The first kappa shape index (κ1) is 15.8. The van der Waals surface area contributed by atoms with E-state index in [1.165, 1.54) is 6.08 Å². The molecule has 0 aliphatic heterocycles. The van der Waals surface area contributed by atoms with E-state index in [0.717, 1.165) is 13.0 Å². The summed E-state index contributed by atoms with van der Waals surface area (Å²) in [6, 6.07) is 0.426. The number of aliphatic imine (C=N–C) groups is 1. The first-order valence-corrected chi connectivity index (χ1v) is 5.69. The summed E-state index contributed by atoms with van der Waals surface area (Å²) in [4.78, 5) is 17.2. The van der Waals surface area contributed by atoms with E-state index in [1.54, 1.807) is 26.4 Å². The van der Waals surface area contributed by atoms with Gasteiger partial charge in [-0.15, -0.1) is 0 Å². The molecule has 1 amide bonds. The highest BCUT2D eigenvalue weighted by Gasteiger charge is 2.06. The van der Waals surface area contributed by atoms with E-state index in [-0.39, 0.29) is 5.91 Å². The van der Waals surface area contributed by atoms with E-state index in [9.17, 15) is 4.79 Å². The summed E-state index contributed by atoms with van der Waals surface area (Å²) < 4.78 is 5.02. The molecule has 98 valence electrons. The van der Waals surface area contributed by atoms with Crippen LogP contribution in [0.4, 0.5) is 0 Å². The lowest BCUT2D eigenvalue weighted by atomic mass is 10.2. The predicted octanol–water partition coefficient (Wildman–Crippen LogP) is 0.674. The molecule has 0 fully saturated rings. The highest BCUT2D eigenvalue weighted by molar-refractivity contribution is 5.91. The molecule has 5 nitrogen and oxygen atoms in total. The van der Waals surface area contributed by atoms with Gasteiger partial charge in [-0.25, -0.2) is 0 Å². The van der Waals surface area contributed by atoms with E-state index >= 15 is 0 Å². The van der Waals surface area contributed by atoms with Gasteiger partial charge in [0.05, 0.1) is 6.67 Å². The molecule has 1 N–H and O–H groups in total. The second-order valence-electron chi connectivity index (χ2n) is 3.83. The second-order valence-corrected chi connectivity index (χ2v) is 3.83. The van der Waals surface area contributed by atoms with Crippen molar-refractivity contribution in [2.75, 3.05) is 34.5 Å². The van der Waals surface area contributed by atoms with Crippen LogP contribution < -0.4 is 5.32 Å². The van der Waals surface area contributed by atoms with Gasteiger partial charge in [0.15, 0.2) is 0 Å². The van der Waals surface area contributed by atoms with Crippen LogP contribution in [0.3, 0.4) is 0 Å². The average Bonchev–Trinajstić information content (AvgIpc) is 2.34. The zero-order valence-corrected chi connectivity index (χ0v) is 11.1. The number of hydrogen-bond acceptors (Lipinski definition) is 4. The SMILES string of the molecule is CNC(=O)/C=C/C=NCN(C)C(C)CCOC. The van der Waals surface area contributed by atoms with Crippen molar-refractivity contribution >= 4 is 12.1 Å². The van der Waals surface area contributed by atoms with Crippen molar-refractivity contribution in [2.24, 2.45) is 4.99 Å². The number of nitrogens with one attached hydrogen (secondary N) is 1. The standard InChI is InChI=1S/C12H23N3O2/c1-11(7-9-17-4)15(3)10-14-8-5-6-12(16)13-2/h5-6,8,11H,7,9-10H2,1-4H3,(H,13,16)/b6-5+,14-8?. The lowest BCUT2D eigenvalue weighted by Crippen LogP contribution is -2.30. The number of amides is 1. The van der Waals surface area contributed by atoms with Crippen LogP contribution in [0.5, 0.6) is 0 Å². The van der Waals surface area contributed by atoms with Crippen molar-refractivity contribution in [1.29, 1.82) is 0 Å². The highest BCUT2D eigenvalue weighted by Crippen LogP contribution is 2.00. The van der Waals surface area contributed by atoms with Gasteiger partial charge >= 0.3 is 0 Å². The van der Waals surface area contributed by atoms with Crippen LogP contribution in [-0.4, -0.2) is 57.5 Å². The van der Waals surface area contributed by atoms with Gasteiger partial charge in [-0.1, -0.05) is 0 Å². The smallest absolute Gasteiger partial charge is 0.243 e. The molecule has 5 heteroatoms. The summed E-state index contributed by atoms with van der Waals surface area (Å²) in [6.07, 6.45) is 5.69. The number of ether oxygens (including phenoxy) is 1. The molecule has 0 aliphatic rings. The van der Waals surface area contributed by atoms with Crippen LogP contribution in [0.25, 0.3) is 0 Å². The van der Waals surface area contributed by atoms with E-state index in [0.29, 0.717) is 12.7 Å². The fraction of sp³-hybridized carbons (Fsp3) is 0.667. The first-order valence-electron chi connectivity index (χ1n) is 5.69. The number of likely N-dealkylation sites (N-methyl/N-ethyl adjacent to an activating group) is 1. The fourth-order valence-electron chi connectivity index (χ4n) is 1.10. The van der Waals surface area contributed by atoms with Crippen LogP contribution in [0.1, 0.15) is 13.3 Å². The van der Waals surface area contributed by atoms with E-state index in [4.69, 9.17) is 4.74 Å². The molecule has 0 radical (unpaired) electrons. The predicted molar refractivity (Wildman–Crippen MR) is 70.3 cm³/mol. The first-order chi connectivity index (χ1) is 8.11. The Balaban J connectivity index is 3.82. The third-order valence-corrected chi connectivity index (χ3v) is 2.48. The number of nitrogens with zero attached hydrogens (tertiary/aromatic N) is 2. The summed E-state index contributed by atoms with van der Waals surface area (Å²) in [7, 11) is 5.31. The zero-order valence-electron chi connectivity index (χ0n) is 11.1. The quantitative estimate of drug-likeness (QED) is 0.502. The number of carbonyl (C=O) groups is 1. The number of methoxy groups -OCH3 is 1. The van der Waals surface area contributed by atoms with Crippen LogP contribution in [0.2, 0.25) is 0 Å². The van der Waals surface area contributed by atoms with Crippen molar-refractivity contribution < 1.29 is 9.53 Å². The van der Waals surface area contributed by atoms with Gasteiger partial charge in [0.25, 0.3) is 0 Å². The Bertz CT molecular complexity index is 264. The molecule has 0 aromatic rings. The van der Waals surface area contributed by atoms with E-state index in [1.807, 2.05) is 7.05 Å².